The average Bonchev–Trinajstić information content (AvgIpc) is 3.10. The Kier molecular flexibility index (Phi) is 4.73. The molecule has 2 heterocycles. The van der Waals surface area contributed by atoms with E-state index in [1.165, 1.54) is 6.07 Å². The summed E-state index contributed by atoms with van der Waals surface area (Å²) in [5.41, 5.74) is 2.05. The van der Waals surface area contributed by atoms with Gasteiger partial charge in [-0.25, -0.2) is 4.98 Å². The summed E-state index contributed by atoms with van der Waals surface area (Å²) in [6.07, 6.45) is 3.43. The van der Waals surface area contributed by atoms with Gasteiger partial charge in [-0.1, -0.05) is 12.1 Å². The van der Waals surface area contributed by atoms with E-state index in [1.54, 1.807) is 24.4 Å². The van der Waals surface area contributed by atoms with Crippen LogP contribution < -0.4 is 10.3 Å². The molecule has 3 aromatic rings. The van der Waals surface area contributed by atoms with Crippen LogP contribution in [0.1, 0.15) is 24.0 Å². The highest BCUT2D eigenvalue weighted by atomic mass is 16.5. The number of pyridine rings is 1. The van der Waals surface area contributed by atoms with Crippen molar-refractivity contribution in [1.82, 2.24) is 10.1 Å². The number of aromatic amines is 1. The van der Waals surface area contributed by atoms with Crippen LogP contribution in [0.15, 0.2) is 58.0 Å². The second-order valence-electron chi connectivity index (χ2n) is 6.42. The van der Waals surface area contributed by atoms with Crippen LogP contribution in [0, 0.1) is 11.3 Å². The molecule has 1 aromatic carbocycles. The molecule has 0 bridgehead atoms. The van der Waals surface area contributed by atoms with Crippen LogP contribution in [0.5, 0.6) is 5.88 Å². The predicted octanol–water partition coefficient (Wildman–Crippen LogP) is 3.03. The number of aromatic nitrogens is 2. The summed E-state index contributed by atoms with van der Waals surface area (Å²) < 4.78 is 16.7. The molecule has 0 spiro atoms. The van der Waals surface area contributed by atoms with Crippen LogP contribution in [0.4, 0.5) is 0 Å². The summed E-state index contributed by atoms with van der Waals surface area (Å²) in [7, 11) is 0. The average molecular weight is 363 g/mol. The zero-order chi connectivity index (χ0) is 18.6. The van der Waals surface area contributed by atoms with Crippen molar-refractivity contribution in [3.05, 3.63) is 70.1 Å². The summed E-state index contributed by atoms with van der Waals surface area (Å²) >= 11 is 0. The summed E-state index contributed by atoms with van der Waals surface area (Å²) in [5.74, 6) is 0.971. The maximum atomic E-state index is 11.1. The lowest BCUT2D eigenvalue weighted by Crippen LogP contribution is -2.39. The first-order valence-electron chi connectivity index (χ1n) is 8.62. The van der Waals surface area contributed by atoms with E-state index in [0.29, 0.717) is 29.4 Å². The van der Waals surface area contributed by atoms with Crippen molar-refractivity contribution in [2.24, 2.45) is 0 Å². The monoisotopic (exact) mass is 363 g/mol. The first kappa shape index (κ1) is 17.1. The molecule has 1 N–H and O–H groups in total. The molecule has 27 heavy (non-hydrogen) atoms. The number of H-pyrrole nitrogens is 1. The lowest BCUT2D eigenvalue weighted by Gasteiger charge is -2.34. The normalized spacial score (nSPS) is 18.5. The van der Waals surface area contributed by atoms with Gasteiger partial charge in [-0.05, 0) is 23.8 Å². The molecule has 0 saturated heterocycles. The van der Waals surface area contributed by atoms with Gasteiger partial charge in [0.05, 0.1) is 30.4 Å². The summed E-state index contributed by atoms with van der Waals surface area (Å²) in [6, 6.07) is 14.5. The van der Waals surface area contributed by atoms with Crippen molar-refractivity contribution < 1.29 is 14.0 Å². The molecule has 4 rings (SSSR count). The molecular weight excluding hydrogens is 346 g/mol. The maximum absolute atomic E-state index is 11.1. The molecule has 1 aliphatic rings. The molecule has 136 valence electrons. The fourth-order valence-corrected chi connectivity index (χ4v) is 2.89. The molecular formula is C20H17N3O4. The van der Waals surface area contributed by atoms with Gasteiger partial charge in [-0.15, -0.1) is 0 Å². The van der Waals surface area contributed by atoms with E-state index in [4.69, 9.17) is 19.3 Å². The van der Waals surface area contributed by atoms with Crippen LogP contribution in [0.25, 0.3) is 11.3 Å². The van der Waals surface area contributed by atoms with Crippen LogP contribution >= 0.6 is 0 Å². The highest BCUT2D eigenvalue weighted by Crippen LogP contribution is 2.29. The number of nitrogens with zero attached hydrogens (tertiary/aromatic N) is 2. The number of hydrogen-bond acceptors (Lipinski definition) is 6. The zero-order valence-corrected chi connectivity index (χ0v) is 14.4. The van der Waals surface area contributed by atoms with Crippen LogP contribution in [0.2, 0.25) is 0 Å². The lowest BCUT2D eigenvalue weighted by molar-refractivity contribution is -0.0695. The van der Waals surface area contributed by atoms with Crippen molar-refractivity contribution >= 4 is 0 Å². The molecule has 0 atom stereocenters. The molecule has 7 heteroatoms. The van der Waals surface area contributed by atoms with Crippen molar-refractivity contribution in [2.45, 2.75) is 31.7 Å². The Balaban J connectivity index is 1.24. The number of ether oxygens (including phenoxy) is 2. The third-order valence-corrected chi connectivity index (χ3v) is 4.43. The van der Waals surface area contributed by atoms with Crippen molar-refractivity contribution in [1.29, 1.82) is 5.26 Å². The number of nitrogens with one attached hydrogen (secondary N) is 1. The Bertz CT molecular complexity index is 1010. The Morgan fingerprint density at radius 3 is 2.81 bits per heavy atom. The zero-order valence-electron chi connectivity index (χ0n) is 14.4. The van der Waals surface area contributed by atoms with Gasteiger partial charge in [-0.3, -0.25) is 4.79 Å². The Labute approximate surface area is 155 Å². The molecule has 7 nitrogen and oxygen atoms in total. The van der Waals surface area contributed by atoms with Crippen LogP contribution in [0.3, 0.4) is 0 Å². The third-order valence-electron chi connectivity index (χ3n) is 4.43. The molecule has 2 aromatic heterocycles. The highest BCUT2D eigenvalue weighted by molar-refractivity contribution is 5.55. The summed E-state index contributed by atoms with van der Waals surface area (Å²) in [4.78, 5) is 15.4. The van der Waals surface area contributed by atoms with Crippen molar-refractivity contribution in [3.63, 3.8) is 0 Å². The molecule has 0 aliphatic heterocycles. The van der Waals surface area contributed by atoms with E-state index in [0.717, 1.165) is 18.4 Å². The molecule has 1 fully saturated rings. The van der Waals surface area contributed by atoms with E-state index in [-0.39, 0.29) is 17.8 Å². The first-order valence-corrected chi connectivity index (χ1v) is 8.62. The van der Waals surface area contributed by atoms with Gasteiger partial charge in [0, 0.05) is 30.7 Å². The fourth-order valence-electron chi connectivity index (χ4n) is 2.89. The minimum absolute atomic E-state index is 0.0731. The number of nitriles is 1. The van der Waals surface area contributed by atoms with E-state index < -0.39 is 0 Å². The van der Waals surface area contributed by atoms with E-state index >= 15 is 0 Å². The number of rotatable bonds is 6. The minimum Gasteiger partial charge on any atom is -0.474 e. The van der Waals surface area contributed by atoms with Gasteiger partial charge in [0.25, 0.3) is 5.56 Å². The smallest absolute Gasteiger partial charge is 0.280 e. The first-order chi connectivity index (χ1) is 13.2. The van der Waals surface area contributed by atoms with Gasteiger partial charge in [0.15, 0.2) is 5.76 Å². The van der Waals surface area contributed by atoms with Crippen molar-refractivity contribution in [3.8, 4) is 23.3 Å². The molecule has 0 unspecified atom stereocenters. The number of hydrogen-bond donors (Lipinski definition) is 1. The standard InChI is InChI=1S/C20H17N3O4/c21-10-13-2-1-3-14(6-13)12-25-16-7-17(8-16)26-20-5-4-15(11-22-20)18-9-19(24)23-27-18/h1-6,9,11,16-17H,7-8,12H2,(H,23,24). The quantitative estimate of drug-likeness (QED) is 0.722. The molecule has 0 radical (unpaired) electrons. The second kappa shape index (κ2) is 7.48. The number of benzene rings is 1. The molecule has 1 aliphatic carbocycles. The van der Waals surface area contributed by atoms with Gasteiger partial charge in [0.2, 0.25) is 5.88 Å². The second-order valence-corrected chi connectivity index (χ2v) is 6.42. The minimum atomic E-state index is -0.287. The van der Waals surface area contributed by atoms with E-state index in [2.05, 4.69) is 16.2 Å². The topological polar surface area (TPSA) is 101 Å². The molecule has 1 saturated carbocycles. The summed E-state index contributed by atoms with van der Waals surface area (Å²) in [5, 5.41) is 11.2. The Morgan fingerprint density at radius 1 is 1.22 bits per heavy atom. The van der Waals surface area contributed by atoms with Crippen LogP contribution in [-0.4, -0.2) is 22.3 Å². The van der Waals surface area contributed by atoms with Gasteiger partial charge in [0.1, 0.15) is 6.10 Å². The Hall–Kier alpha value is -3.37. The highest BCUT2D eigenvalue weighted by Gasteiger charge is 2.32. The maximum Gasteiger partial charge on any atom is 0.280 e. The van der Waals surface area contributed by atoms with E-state index in [1.807, 2.05) is 18.2 Å². The fraction of sp³-hybridized carbons (Fsp3) is 0.250. The van der Waals surface area contributed by atoms with Gasteiger partial charge >= 0.3 is 0 Å². The largest absolute Gasteiger partial charge is 0.474 e. The van der Waals surface area contributed by atoms with Crippen molar-refractivity contribution in [2.75, 3.05) is 0 Å². The Morgan fingerprint density at radius 2 is 2.11 bits per heavy atom. The summed E-state index contributed by atoms with van der Waals surface area (Å²) in [6.45, 7) is 0.488. The van der Waals surface area contributed by atoms with Gasteiger partial charge < -0.3 is 14.0 Å². The van der Waals surface area contributed by atoms with Crippen LogP contribution in [-0.2, 0) is 11.3 Å². The SMILES string of the molecule is N#Cc1cccc(COC2CC(Oc3ccc(-c4cc(=O)[nH]o4)cn3)C2)c1. The molecule has 0 amide bonds. The lowest BCUT2D eigenvalue weighted by atomic mass is 9.92. The predicted molar refractivity (Wildman–Crippen MR) is 95.9 cm³/mol. The third kappa shape index (κ3) is 4.07. The van der Waals surface area contributed by atoms with Gasteiger partial charge in [-0.2, -0.15) is 10.4 Å². The van der Waals surface area contributed by atoms with E-state index in [9.17, 15) is 4.79 Å².